The second-order valence-electron chi connectivity index (χ2n) is 5.30. The Morgan fingerprint density at radius 1 is 1.29 bits per heavy atom. The van der Waals surface area contributed by atoms with Crippen LogP contribution in [0.2, 0.25) is 5.02 Å². The van der Waals surface area contributed by atoms with E-state index in [0.717, 1.165) is 16.6 Å². The van der Waals surface area contributed by atoms with E-state index in [1.54, 1.807) is 23.1 Å². The zero-order valence-corrected chi connectivity index (χ0v) is 13.3. The molecule has 3 heterocycles. The van der Waals surface area contributed by atoms with Gasteiger partial charge in [0.2, 0.25) is 0 Å². The summed E-state index contributed by atoms with van der Waals surface area (Å²) < 4.78 is 1.56. The molecule has 0 aliphatic heterocycles. The normalized spacial score (nSPS) is 11.2. The number of hydrogen-bond donors (Lipinski definition) is 3. The van der Waals surface area contributed by atoms with Crippen LogP contribution < -0.4 is 5.73 Å². The summed E-state index contributed by atoms with van der Waals surface area (Å²) in [5, 5.41) is 22.4. The number of rotatable bonds is 2. The fourth-order valence-corrected chi connectivity index (χ4v) is 2.74. The molecule has 120 valence electrons. The van der Waals surface area contributed by atoms with Gasteiger partial charge < -0.3 is 10.8 Å². The zero-order valence-electron chi connectivity index (χ0n) is 12.5. The van der Waals surface area contributed by atoms with E-state index >= 15 is 0 Å². The number of aromatic amines is 1. The van der Waals surface area contributed by atoms with Gasteiger partial charge in [0.15, 0.2) is 11.6 Å². The maximum absolute atomic E-state index is 9.90. The summed E-state index contributed by atoms with van der Waals surface area (Å²) in [6, 6.07) is 5.41. The van der Waals surface area contributed by atoms with Crippen molar-refractivity contribution in [1.29, 1.82) is 0 Å². The monoisotopic (exact) mass is 341 g/mol. The predicted molar refractivity (Wildman–Crippen MR) is 90.1 cm³/mol. The number of anilines is 1. The van der Waals surface area contributed by atoms with Crippen LogP contribution in [0.15, 0.2) is 30.6 Å². The number of H-pyrrole nitrogens is 1. The predicted octanol–water partition coefficient (Wildman–Crippen LogP) is 2.46. The number of nitrogens with two attached hydrogens (primary N) is 1. The van der Waals surface area contributed by atoms with Gasteiger partial charge in [0, 0.05) is 17.1 Å². The highest BCUT2D eigenvalue weighted by Gasteiger charge is 2.17. The van der Waals surface area contributed by atoms with Crippen LogP contribution in [0.25, 0.3) is 28.0 Å². The maximum atomic E-state index is 9.90. The summed E-state index contributed by atoms with van der Waals surface area (Å²) in [5.74, 6) is -0.0178. The van der Waals surface area contributed by atoms with Crippen LogP contribution >= 0.6 is 11.6 Å². The molecule has 0 unspecified atom stereocenters. The topological polar surface area (TPSA) is 119 Å². The van der Waals surface area contributed by atoms with Crippen LogP contribution in [0.1, 0.15) is 5.69 Å². The van der Waals surface area contributed by atoms with E-state index in [1.165, 1.54) is 0 Å². The van der Waals surface area contributed by atoms with Crippen LogP contribution in [-0.4, -0.2) is 35.1 Å². The number of aromatic hydroxyl groups is 1. The first-order valence-corrected chi connectivity index (χ1v) is 7.43. The summed E-state index contributed by atoms with van der Waals surface area (Å²) >= 11 is 6.30. The molecule has 4 N–H and O–H groups in total. The number of aryl methyl sites for hydroxylation is 1. The Bertz CT molecular complexity index is 1070. The quantitative estimate of drug-likeness (QED) is 0.515. The van der Waals surface area contributed by atoms with E-state index in [0.29, 0.717) is 22.1 Å². The summed E-state index contributed by atoms with van der Waals surface area (Å²) in [5.41, 5.74) is 8.33. The first kappa shape index (κ1) is 14.5. The number of nitrogens with one attached hydrogen (secondary N) is 1. The molecule has 0 bridgehead atoms. The van der Waals surface area contributed by atoms with Gasteiger partial charge in [-0.15, -0.1) is 0 Å². The van der Waals surface area contributed by atoms with E-state index in [4.69, 9.17) is 17.3 Å². The third-order valence-corrected chi connectivity index (χ3v) is 3.90. The number of halogens is 1. The fraction of sp³-hybridized carbons (Fsp3) is 0.0667. The molecule has 0 spiro atoms. The molecule has 0 aliphatic rings. The van der Waals surface area contributed by atoms with Crippen LogP contribution in [-0.2, 0) is 0 Å². The lowest BCUT2D eigenvalue weighted by Gasteiger charge is -2.10. The molecule has 0 atom stereocenters. The van der Waals surface area contributed by atoms with E-state index in [2.05, 4.69) is 25.3 Å². The van der Waals surface area contributed by atoms with Gasteiger partial charge in [-0.3, -0.25) is 5.10 Å². The second-order valence-corrected chi connectivity index (χ2v) is 5.71. The second kappa shape index (κ2) is 5.20. The molecule has 0 aliphatic carbocycles. The van der Waals surface area contributed by atoms with Crippen molar-refractivity contribution in [1.82, 2.24) is 29.9 Å². The Morgan fingerprint density at radius 2 is 2.12 bits per heavy atom. The number of nitrogens with zero attached hydrogens (tertiary/aromatic N) is 5. The molecule has 4 aromatic rings. The Kier molecular flexibility index (Phi) is 3.14. The van der Waals surface area contributed by atoms with Gasteiger partial charge in [-0.05, 0) is 25.1 Å². The number of fused-ring (bicyclic) bond motifs is 1. The molecular weight excluding hydrogens is 330 g/mol. The Labute approximate surface area is 140 Å². The van der Waals surface area contributed by atoms with E-state index < -0.39 is 0 Å². The molecular formula is C15H12ClN7O. The molecule has 9 heteroatoms. The first-order valence-electron chi connectivity index (χ1n) is 7.05. The smallest absolute Gasteiger partial charge is 0.255 e. The van der Waals surface area contributed by atoms with Crippen molar-refractivity contribution in [2.24, 2.45) is 0 Å². The van der Waals surface area contributed by atoms with E-state index in [-0.39, 0.29) is 11.7 Å². The molecule has 1 aromatic carbocycles. The van der Waals surface area contributed by atoms with Gasteiger partial charge >= 0.3 is 0 Å². The standard InChI is InChI=1S/C15H12ClN7O/c1-7-2-3-23(22-7)14-12(19-15(24)13(17)20-14)8-4-9-6-18-21-11(9)10(16)5-8/h2-6H,1H3,(H2,17,20)(H,18,21)(H,19,24). The van der Waals surface area contributed by atoms with Gasteiger partial charge in [0.05, 0.1) is 22.4 Å². The van der Waals surface area contributed by atoms with Crippen LogP contribution in [0.5, 0.6) is 5.88 Å². The highest BCUT2D eigenvalue weighted by molar-refractivity contribution is 6.35. The molecule has 0 saturated heterocycles. The number of benzene rings is 1. The lowest BCUT2D eigenvalue weighted by Crippen LogP contribution is -2.06. The molecule has 0 amide bonds. The molecule has 0 radical (unpaired) electrons. The molecule has 4 rings (SSSR count). The number of hydrogen-bond acceptors (Lipinski definition) is 6. The van der Waals surface area contributed by atoms with Crippen molar-refractivity contribution in [3.8, 4) is 23.0 Å². The fourth-order valence-electron chi connectivity index (χ4n) is 2.47. The Hall–Kier alpha value is -3.13. The lowest BCUT2D eigenvalue weighted by molar-refractivity contribution is 0.454. The number of nitrogen functional groups attached to an aromatic ring is 1. The van der Waals surface area contributed by atoms with E-state index in [1.807, 2.05) is 19.1 Å². The van der Waals surface area contributed by atoms with Crippen LogP contribution in [0.3, 0.4) is 0 Å². The molecule has 0 fully saturated rings. The highest BCUT2D eigenvalue weighted by atomic mass is 35.5. The molecule has 0 saturated carbocycles. The first-order chi connectivity index (χ1) is 11.5. The molecule has 24 heavy (non-hydrogen) atoms. The Balaban J connectivity index is 2.00. The third kappa shape index (κ3) is 2.24. The van der Waals surface area contributed by atoms with Crippen LogP contribution in [0.4, 0.5) is 5.82 Å². The average molecular weight is 342 g/mol. The third-order valence-electron chi connectivity index (χ3n) is 3.60. The summed E-state index contributed by atoms with van der Waals surface area (Å²) in [4.78, 5) is 8.41. The maximum Gasteiger partial charge on any atom is 0.255 e. The van der Waals surface area contributed by atoms with E-state index in [9.17, 15) is 5.11 Å². The zero-order chi connectivity index (χ0) is 16.8. The van der Waals surface area contributed by atoms with Gasteiger partial charge in [-0.1, -0.05) is 11.6 Å². The Morgan fingerprint density at radius 3 is 2.88 bits per heavy atom. The van der Waals surface area contributed by atoms with Crippen molar-refractivity contribution in [2.75, 3.05) is 5.73 Å². The van der Waals surface area contributed by atoms with Crippen molar-refractivity contribution in [2.45, 2.75) is 6.92 Å². The van der Waals surface area contributed by atoms with Crippen molar-refractivity contribution >= 4 is 28.3 Å². The average Bonchev–Trinajstić information content (AvgIpc) is 3.18. The largest absolute Gasteiger partial charge is 0.491 e. The van der Waals surface area contributed by atoms with Gasteiger partial charge in [0.25, 0.3) is 5.88 Å². The SMILES string of the molecule is Cc1ccn(-c2nc(N)c(O)nc2-c2cc(Cl)c3[nH]ncc3c2)n1. The molecule has 8 nitrogen and oxygen atoms in total. The van der Waals surface area contributed by atoms with Crippen LogP contribution in [0, 0.1) is 6.92 Å². The minimum Gasteiger partial charge on any atom is -0.491 e. The highest BCUT2D eigenvalue weighted by Crippen LogP contribution is 2.33. The number of aromatic nitrogens is 6. The van der Waals surface area contributed by atoms with Gasteiger partial charge in [0.1, 0.15) is 5.69 Å². The molecule has 3 aromatic heterocycles. The summed E-state index contributed by atoms with van der Waals surface area (Å²) in [6.07, 6.45) is 3.41. The minimum absolute atomic E-state index is 0.0719. The van der Waals surface area contributed by atoms with Gasteiger partial charge in [-0.25, -0.2) is 14.6 Å². The summed E-state index contributed by atoms with van der Waals surface area (Å²) in [7, 11) is 0. The van der Waals surface area contributed by atoms with Gasteiger partial charge in [-0.2, -0.15) is 10.2 Å². The summed E-state index contributed by atoms with van der Waals surface area (Å²) in [6.45, 7) is 1.86. The van der Waals surface area contributed by atoms with Crippen molar-refractivity contribution < 1.29 is 5.11 Å². The lowest BCUT2D eigenvalue weighted by atomic mass is 10.1. The van der Waals surface area contributed by atoms with Crippen molar-refractivity contribution in [3.05, 3.63) is 41.3 Å². The van der Waals surface area contributed by atoms with Crippen molar-refractivity contribution in [3.63, 3.8) is 0 Å². The minimum atomic E-state index is -0.346.